The highest BCUT2D eigenvalue weighted by molar-refractivity contribution is 4.51. The molecule has 0 bridgehead atoms. The van der Waals surface area contributed by atoms with Crippen molar-refractivity contribution < 1.29 is 0 Å². The van der Waals surface area contributed by atoms with Crippen LogP contribution < -0.4 is 0 Å². The van der Waals surface area contributed by atoms with Crippen molar-refractivity contribution in [1.82, 2.24) is 0 Å². The van der Waals surface area contributed by atoms with E-state index in [1.165, 1.54) is 89.9 Å². The van der Waals surface area contributed by atoms with Crippen LogP contribution in [0.15, 0.2) is 31.1 Å². The van der Waals surface area contributed by atoms with E-state index < -0.39 is 0 Å². The molecule has 0 atom stereocenters. The highest BCUT2D eigenvalue weighted by Crippen LogP contribution is 2.13. The molecule has 0 saturated carbocycles. The molecule has 0 aliphatic carbocycles. The van der Waals surface area contributed by atoms with Crippen molar-refractivity contribution >= 4 is 0 Å². The molecular formula is C18H36N6. The van der Waals surface area contributed by atoms with E-state index in [2.05, 4.69) is 31.1 Å². The Morgan fingerprint density at radius 2 is 0.500 bits per heavy atom. The van der Waals surface area contributed by atoms with Gasteiger partial charge in [-0.25, -0.2) is 0 Å². The predicted octanol–water partition coefficient (Wildman–Crippen LogP) is 7.43. The van der Waals surface area contributed by atoms with Gasteiger partial charge in [0.15, 0.2) is 0 Å². The quantitative estimate of drug-likeness (QED) is 0.441. The summed E-state index contributed by atoms with van der Waals surface area (Å²) in [6.45, 7) is 1.46. The molecule has 1 aliphatic heterocycles. The summed E-state index contributed by atoms with van der Waals surface area (Å²) < 4.78 is 0. The molecule has 138 valence electrons. The van der Waals surface area contributed by atoms with Crippen molar-refractivity contribution in [3.63, 3.8) is 0 Å². The molecule has 0 radical (unpaired) electrons. The zero-order valence-electron chi connectivity index (χ0n) is 15.4. The molecule has 0 aromatic carbocycles. The molecule has 6 heteroatoms. The van der Waals surface area contributed by atoms with Gasteiger partial charge in [-0.2, -0.15) is 10.2 Å². The van der Waals surface area contributed by atoms with Crippen LogP contribution in [0, 0.1) is 0 Å². The summed E-state index contributed by atoms with van der Waals surface area (Å²) in [5.41, 5.74) is 0. The van der Waals surface area contributed by atoms with Gasteiger partial charge in [-0.1, -0.05) is 89.9 Å². The largest absolute Gasteiger partial charge is 0.167 e. The van der Waals surface area contributed by atoms with Gasteiger partial charge < -0.3 is 0 Å². The second kappa shape index (κ2) is 18.1. The fourth-order valence-corrected chi connectivity index (χ4v) is 3.02. The van der Waals surface area contributed by atoms with Crippen molar-refractivity contribution in [1.29, 1.82) is 0 Å². The number of nitrogens with zero attached hydrogens (tertiary/aromatic N) is 6. The molecule has 0 unspecified atom stereocenters. The molecule has 6 nitrogen and oxygen atoms in total. The lowest BCUT2D eigenvalue weighted by Gasteiger charge is -2.03. The molecular weight excluding hydrogens is 300 g/mol. The fraction of sp³-hybridized carbons (Fsp3) is 1.00. The Morgan fingerprint density at radius 3 is 0.792 bits per heavy atom. The van der Waals surface area contributed by atoms with E-state index in [0.29, 0.717) is 0 Å². The van der Waals surface area contributed by atoms with Gasteiger partial charge in [0.2, 0.25) is 0 Å². The minimum Gasteiger partial charge on any atom is -0.167 e. The third kappa shape index (κ3) is 15.7. The first-order chi connectivity index (χ1) is 12.0. The van der Waals surface area contributed by atoms with Crippen LogP contribution >= 0.6 is 0 Å². The average Bonchev–Trinajstić information content (AvgIpc) is 2.59. The van der Waals surface area contributed by atoms with E-state index in [-0.39, 0.29) is 0 Å². The van der Waals surface area contributed by atoms with Crippen molar-refractivity contribution in [3.05, 3.63) is 0 Å². The molecule has 24 heavy (non-hydrogen) atoms. The summed E-state index contributed by atoms with van der Waals surface area (Å²) in [4.78, 5) is 0. The van der Waals surface area contributed by atoms with Gasteiger partial charge in [-0.15, -0.1) is 0 Å². The van der Waals surface area contributed by atoms with Crippen LogP contribution in [-0.2, 0) is 0 Å². The molecule has 0 saturated heterocycles. The Labute approximate surface area is 147 Å². The van der Waals surface area contributed by atoms with Crippen molar-refractivity contribution in [2.24, 2.45) is 31.1 Å². The minimum absolute atomic E-state index is 0.732. The Balaban J connectivity index is 2.15. The summed E-state index contributed by atoms with van der Waals surface area (Å²) in [7, 11) is 0. The first-order valence-electron chi connectivity index (χ1n) is 10.1. The maximum Gasteiger partial charge on any atom is 0.0621 e. The monoisotopic (exact) mass is 336 g/mol. The summed E-state index contributed by atoms with van der Waals surface area (Å²) in [6, 6.07) is 0. The van der Waals surface area contributed by atoms with Crippen molar-refractivity contribution in [2.45, 2.75) is 103 Å². The standard InChI is InChI=1S/C18H36N6/c1-2-4-6-8-10-12-14-16-18-20-22-24-23-21-19-17-15-13-11-9-7-5-3-1/h1-18H2/b21-19+,22-20+,24-23+. The lowest BCUT2D eigenvalue weighted by molar-refractivity contribution is 0.527. The molecule has 0 N–H and O–H groups in total. The van der Waals surface area contributed by atoms with Gasteiger partial charge in [-0.3, -0.25) is 0 Å². The number of hydrogen-bond donors (Lipinski definition) is 0. The molecule has 0 aromatic rings. The van der Waals surface area contributed by atoms with Crippen LogP contribution in [0.25, 0.3) is 0 Å². The van der Waals surface area contributed by atoms with E-state index in [1.54, 1.807) is 0 Å². The Bertz CT molecular complexity index is 308. The number of rotatable bonds is 0. The lowest BCUT2D eigenvalue weighted by Crippen LogP contribution is -1.85. The Kier molecular flexibility index (Phi) is 15.8. The first-order valence-corrected chi connectivity index (χ1v) is 10.1. The van der Waals surface area contributed by atoms with Gasteiger partial charge in [0.1, 0.15) is 0 Å². The van der Waals surface area contributed by atoms with Crippen molar-refractivity contribution in [2.75, 3.05) is 13.1 Å². The highest BCUT2D eigenvalue weighted by Gasteiger charge is 1.95. The van der Waals surface area contributed by atoms with Crippen molar-refractivity contribution in [3.8, 4) is 0 Å². The Hall–Kier alpha value is -1.20. The van der Waals surface area contributed by atoms with E-state index in [4.69, 9.17) is 0 Å². The smallest absolute Gasteiger partial charge is 0.0621 e. The maximum atomic E-state index is 3.97. The molecule has 0 spiro atoms. The molecule has 0 aromatic heterocycles. The van der Waals surface area contributed by atoms with Gasteiger partial charge >= 0.3 is 0 Å². The fourth-order valence-electron chi connectivity index (χ4n) is 3.02. The number of hydrogen-bond acceptors (Lipinski definition) is 6. The molecule has 1 aliphatic rings. The summed E-state index contributed by atoms with van der Waals surface area (Å²) in [5, 5.41) is 22.3. The molecule has 1 rings (SSSR count). The summed E-state index contributed by atoms with van der Waals surface area (Å²) in [5.74, 6) is 0. The SMILES string of the molecule is C1CCCCCCCCC/N=N/N=N/N=N/CCCCCCCC1. The Morgan fingerprint density at radius 1 is 0.250 bits per heavy atom. The third-order valence-electron chi connectivity index (χ3n) is 4.51. The van der Waals surface area contributed by atoms with Crippen LogP contribution in [0.3, 0.4) is 0 Å². The van der Waals surface area contributed by atoms with Crippen LogP contribution in [0.1, 0.15) is 103 Å². The average molecular weight is 337 g/mol. The van der Waals surface area contributed by atoms with E-state index in [1.807, 2.05) is 0 Å². The normalized spacial score (nSPS) is 26.0. The van der Waals surface area contributed by atoms with Crippen LogP contribution in [0.4, 0.5) is 0 Å². The zero-order chi connectivity index (χ0) is 17.0. The predicted molar refractivity (Wildman–Crippen MR) is 98.2 cm³/mol. The first kappa shape index (κ1) is 20.8. The second-order valence-corrected chi connectivity index (χ2v) is 6.74. The van der Waals surface area contributed by atoms with Crippen LogP contribution in [-0.4, -0.2) is 13.1 Å². The van der Waals surface area contributed by atoms with E-state index >= 15 is 0 Å². The summed E-state index contributed by atoms with van der Waals surface area (Å²) in [6.07, 6.45) is 21.3. The zero-order valence-corrected chi connectivity index (χ0v) is 15.4. The van der Waals surface area contributed by atoms with Gasteiger partial charge in [0, 0.05) is 0 Å². The summed E-state index contributed by atoms with van der Waals surface area (Å²) >= 11 is 0. The van der Waals surface area contributed by atoms with Crippen LogP contribution in [0.5, 0.6) is 0 Å². The van der Waals surface area contributed by atoms with E-state index in [0.717, 1.165) is 25.9 Å². The maximum absolute atomic E-state index is 3.97. The van der Waals surface area contributed by atoms with Crippen LogP contribution in [0.2, 0.25) is 0 Å². The topological polar surface area (TPSA) is 74.2 Å². The van der Waals surface area contributed by atoms with Gasteiger partial charge in [0.25, 0.3) is 0 Å². The molecule has 1 heterocycles. The highest BCUT2D eigenvalue weighted by atomic mass is 15.6. The second-order valence-electron chi connectivity index (χ2n) is 6.74. The van der Waals surface area contributed by atoms with E-state index in [9.17, 15) is 0 Å². The van der Waals surface area contributed by atoms with Gasteiger partial charge in [0.05, 0.1) is 13.1 Å². The molecule has 0 fully saturated rings. The molecule has 0 amide bonds. The van der Waals surface area contributed by atoms with Gasteiger partial charge in [-0.05, 0) is 33.7 Å². The lowest BCUT2D eigenvalue weighted by atomic mass is 10.0. The minimum atomic E-state index is 0.732. The third-order valence-corrected chi connectivity index (χ3v) is 4.51.